The third kappa shape index (κ3) is 2.59. The molecule has 1 N–H and O–H groups in total. The van der Waals surface area contributed by atoms with Gasteiger partial charge in [-0.05, 0) is 17.8 Å². The topological polar surface area (TPSA) is 37.3 Å². The molecule has 2 nitrogen and oxygen atoms in total. The highest BCUT2D eigenvalue weighted by molar-refractivity contribution is 6.66. The van der Waals surface area contributed by atoms with Gasteiger partial charge in [0, 0.05) is 0 Å². The first-order valence-corrected chi connectivity index (χ1v) is 4.62. The Bertz CT molecular complexity index is 328. The summed E-state index contributed by atoms with van der Waals surface area (Å²) >= 11 is 0. The van der Waals surface area contributed by atoms with Gasteiger partial charge in [0.15, 0.2) is 0 Å². The third-order valence-corrected chi connectivity index (χ3v) is 2.04. The van der Waals surface area contributed by atoms with Crippen molar-refractivity contribution in [2.75, 3.05) is 0 Å². The second-order valence-electron chi connectivity index (χ2n) is 3.19. The van der Waals surface area contributed by atoms with Crippen molar-refractivity contribution in [2.24, 2.45) is 0 Å². The molecule has 0 saturated carbocycles. The van der Waals surface area contributed by atoms with Crippen LogP contribution in [0.15, 0.2) is 24.3 Å². The fourth-order valence-corrected chi connectivity index (χ4v) is 1.29. The highest BCUT2D eigenvalue weighted by Crippen LogP contribution is 2.03. The van der Waals surface area contributed by atoms with Gasteiger partial charge in [-0.25, -0.2) is 4.79 Å². The lowest BCUT2D eigenvalue weighted by Crippen LogP contribution is -2.25. The number of hydrogen-bond acceptors (Lipinski definition) is 1. The third-order valence-electron chi connectivity index (χ3n) is 2.04. The van der Waals surface area contributed by atoms with Gasteiger partial charge >= 0.3 is 13.0 Å². The Morgan fingerprint density at radius 3 is 2.86 bits per heavy atom. The van der Waals surface area contributed by atoms with Crippen LogP contribution in [0.4, 0.5) is 4.32 Å². The van der Waals surface area contributed by atoms with Crippen LogP contribution in [0, 0.1) is 0 Å². The number of rotatable bonds is 4. The lowest BCUT2D eigenvalue weighted by atomic mass is 9.61. The van der Waals surface area contributed by atoms with Crippen LogP contribution >= 0.6 is 0 Å². The van der Waals surface area contributed by atoms with Crippen LogP contribution in [0.5, 0.6) is 0 Å². The van der Waals surface area contributed by atoms with Crippen molar-refractivity contribution in [3.63, 3.8) is 0 Å². The zero-order valence-corrected chi connectivity index (χ0v) is 8.03. The minimum Gasteiger partial charge on any atom is -0.478 e. The van der Waals surface area contributed by atoms with Gasteiger partial charge in [-0.15, -0.1) is 0 Å². The van der Waals surface area contributed by atoms with Gasteiger partial charge < -0.3 is 9.42 Å². The average molecular weight is 194 g/mol. The highest BCUT2D eigenvalue weighted by Gasteiger charge is 2.16. The van der Waals surface area contributed by atoms with Gasteiger partial charge in [0.05, 0.1) is 5.56 Å². The van der Waals surface area contributed by atoms with Crippen LogP contribution in [-0.2, 0) is 0 Å². The minimum absolute atomic E-state index is 0.140. The summed E-state index contributed by atoms with van der Waals surface area (Å²) in [5, 5.41) is 8.70. The molecule has 0 heterocycles. The van der Waals surface area contributed by atoms with Crippen molar-refractivity contribution in [3.05, 3.63) is 29.8 Å². The molecule has 4 heteroatoms. The van der Waals surface area contributed by atoms with Gasteiger partial charge in [0.2, 0.25) is 0 Å². The van der Waals surface area contributed by atoms with Crippen LogP contribution in [0.25, 0.3) is 0 Å². The van der Waals surface area contributed by atoms with E-state index in [2.05, 4.69) is 0 Å². The maximum atomic E-state index is 13.4. The largest absolute Gasteiger partial charge is 0.478 e. The predicted molar refractivity (Wildman–Crippen MR) is 55.0 cm³/mol. The SMILES string of the molecule is CCCB(F)c1cccc(C(=O)O)c1. The van der Waals surface area contributed by atoms with Gasteiger partial charge in [0.25, 0.3) is 0 Å². The molecule has 0 aliphatic carbocycles. The normalized spacial score (nSPS) is 9.86. The standard InChI is InChI=1S/C10H12BFO2/c1-2-6-11(12)9-5-3-4-8(7-9)10(13)14/h3-5,7H,2,6H2,1H3,(H,13,14). The molecule has 0 fully saturated rings. The van der Waals surface area contributed by atoms with Crippen molar-refractivity contribution in [1.82, 2.24) is 0 Å². The van der Waals surface area contributed by atoms with Crippen molar-refractivity contribution >= 4 is 18.4 Å². The van der Waals surface area contributed by atoms with E-state index in [0.717, 1.165) is 6.42 Å². The Morgan fingerprint density at radius 2 is 2.29 bits per heavy atom. The van der Waals surface area contributed by atoms with E-state index in [1.54, 1.807) is 12.1 Å². The fraction of sp³-hybridized carbons (Fsp3) is 0.300. The van der Waals surface area contributed by atoms with Gasteiger partial charge in [-0.1, -0.05) is 31.5 Å². The first kappa shape index (κ1) is 10.8. The second-order valence-corrected chi connectivity index (χ2v) is 3.19. The van der Waals surface area contributed by atoms with E-state index in [0.29, 0.717) is 11.8 Å². The molecule has 1 aromatic rings. The second kappa shape index (κ2) is 4.79. The zero-order valence-electron chi connectivity index (χ0n) is 8.03. The van der Waals surface area contributed by atoms with Crippen LogP contribution in [0.2, 0.25) is 6.32 Å². The summed E-state index contributed by atoms with van der Waals surface area (Å²) in [6.07, 6.45) is 1.18. The molecule has 0 aliphatic rings. The summed E-state index contributed by atoms with van der Waals surface area (Å²) in [5.41, 5.74) is 0.591. The highest BCUT2D eigenvalue weighted by atomic mass is 19.1. The van der Waals surface area contributed by atoms with E-state index in [4.69, 9.17) is 5.11 Å². The first-order valence-electron chi connectivity index (χ1n) is 4.62. The molecule has 0 radical (unpaired) electrons. The lowest BCUT2D eigenvalue weighted by Gasteiger charge is -2.03. The van der Waals surface area contributed by atoms with Crippen LogP contribution in [0.1, 0.15) is 23.7 Å². The Balaban J connectivity index is 2.87. The molecule has 0 amide bonds. The van der Waals surface area contributed by atoms with Gasteiger partial charge in [0.1, 0.15) is 0 Å². The number of hydrogen-bond donors (Lipinski definition) is 1. The molecular weight excluding hydrogens is 182 g/mol. The van der Waals surface area contributed by atoms with E-state index in [1.165, 1.54) is 12.1 Å². The van der Waals surface area contributed by atoms with Crippen molar-refractivity contribution in [2.45, 2.75) is 19.7 Å². The molecule has 0 saturated heterocycles. The minimum atomic E-state index is -1.06. The number of carbonyl (C=O) groups is 1. The summed E-state index contributed by atoms with van der Waals surface area (Å²) in [4.78, 5) is 10.6. The fourth-order valence-electron chi connectivity index (χ4n) is 1.29. The van der Waals surface area contributed by atoms with Crippen LogP contribution in [-0.4, -0.2) is 18.1 Å². The molecule has 0 aliphatic heterocycles. The molecule has 74 valence electrons. The molecule has 1 aromatic carbocycles. The zero-order chi connectivity index (χ0) is 10.6. The first-order chi connectivity index (χ1) is 6.65. The molecule has 1 rings (SSSR count). The van der Waals surface area contributed by atoms with E-state index >= 15 is 0 Å². The quantitative estimate of drug-likeness (QED) is 0.743. The number of carboxylic acid groups (broad SMARTS) is 1. The summed E-state index contributed by atoms with van der Waals surface area (Å²) in [5.74, 6) is -1.02. The average Bonchev–Trinajstić information content (AvgIpc) is 2.18. The Kier molecular flexibility index (Phi) is 3.68. The summed E-state index contributed by atoms with van der Waals surface area (Å²) in [7, 11) is 0. The number of carboxylic acids is 1. The maximum absolute atomic E-state index is 13.4. The molecular formula is C10H12BFO2. The Hall–Kier alpha value is -1.32. The van der Waals surface area contributed by atoms with Crippen molar-refractivity contribution in [1.29, 1.82) is 0 Å². The van der Waals surface area contributed by atoms with E-state index < -0.39 is 13.0 Å². The van der Waals surface area contributed by atoms with E-state index in [1.807, 2.05) is 6.92 Å². The lowest BCUT2D eigenvalue weighted by molar-refractivity contribution is 0.0697. The van der Waals surface area contributed by atoms with Crippen LogP contribution in [0.3, 0.4) is 0 Å². The maximum Gasteiger partial charge on any atom is 0.380 e. The van der Waals surface area contributed by atoms with Crippen molar-refractivity contribution < 1.29 is 14.2 Å². The molecule has 0 unspecified atom stereocenters. The smallest absolute Gasteiger partial charge is 0.380 e. The molecule has 0 bridgehead atoms. The van der Waals surface area contributed by atoms with E-state index in [9.17, 15) is 9.11 Å². The van der Waals surface area contributed by atoms with Crippen LogP contribution < -0.4 is 5.46 Å². The summed E-state index contributed by atoms with van der Waals surface area (Å²) in [6, 6.07) is 6.04. The number of halogens is 1. The summed E-state index contributed by atoms with van der Waals surface area (Å²) < 4.78 is 13.4. The van der Waals surface area contributed by atoms with Crippen molar-refractivity contribution in [3.8, 4) is 0 Å². The summed E-state index contributed by atoms with van der Waals surface area (Å²) in [6.45, 7) is 0.840. The predicted octanol–water partition coefficient (Wildman–Crippen LogP) is 1.96. The molecule has 14 heavy (non-hydrogen) atoms. The Labute approximate surface area is 82.9 Å². The molecule has 0 aromatic heterocycles. The molecule has 0 spiro atoms. The number of benzene rings is 1. The van der Waals surface area contributed by atoms with E-state index in [-0.39, 0.29) is 5.56 Å². The van der Waals surface area contributed by atoms with Gasteiger partial charge in [-0.2, -0.15) is 0 Å². The Morgan fingerprint density at radius 1 is 1.57 bits per heavy atom. The monoisotopic (exact) mass is 194 g/mol. The number of aromatic carboxylic acids is 1. The van der Waals surface area contributed by atoms with Gasteiger partial charge in [-0.3, -0.25) is 0 Å². The molecule has 0 atom stereocenters.